The van der Waals surface area contributed by atoms with Crippen molar-refractivity contribution in [3.63, 3.8) is 0 Å². The molecule has 3 rings (SSSR count). The first-order valence-electron chi connectivity index (χ1n) is 8.95. The van der Waals surface area contributed by atoms with Gasteiger partial charge >= 0.3 is 5.97 Å². The van der Waals surface area contributed by atoms with Gasteiger partial charge in [0.1, 0.15) is 5.60 Å². The number of morpholine rings is 1. The molecule has 2 aliphatic rings. The topological polar surface area (TPSA) is 47.6 Å². The highest BCUT2D eigenvalue weighted by atomic mass is 35.5. The van der Waals surface area contributed by atoms with Crippen LogP contribution in [0.3, 0.4) is 0 Å². The number of hydrogen-bond donors (Lipinski definition) is 1. The molecule has 25 heavy (non-hydrogen) atoms. The van der Waals surface area contributed by atoms with Crippen molar-refractivity contribution in [3.05, 3.63) is 33.3 Å². The molecule has 0 saturated carbocycles. The van der Waals surface area contributed by atoms with Gasteiger partial charge in [-0.3, -0.25) is 4.79 Å². The molecule has 1 aromatic rings. The average molecular weight is 386 g/mol. The Morgan fingerprint density at radius 1 is 1.36 bits per heavy atom. The number of fused-ring (bicyclic) bond motifs is 2. The largest absolute Gasteiger partial charge is 0.463 e. The van der Waals surface area contributed by atoms with E-state index in [1.165, 1.54) is 0 Å². The minimum Gasteiger partial charge on any atom is -0.463 e. The molecule has 0 aromatic heterocycles. The molecule has 2 unspecified atom stereocenters. The summed E-state index contributed by atoms with van der Waals surface area (Å²) in [6.07, 6.45) is 3.89. The van der Waals surface area contributed by atoms with E-state index in [2.05, 4.69) is 5.32 Å². The fourth-order valence-electron chi connectivity index (χ4n) is 3.75. The summed E-state index contributed by atoms with van der Waals surface area (Å²) in [4.78, 5) is 11.7. The number of unbranched alkanes of at least 4 members (excludes halogenated alkanes) is 1. The number of ether oxygens (including phenoxy) is 2. The lowest BCUT2D eigenvalue weighted by atomic mass is 9.87. The van der Waals surface area contributed by atoms with Gasteiger partial charge in [-0.15, -0.1) is 0 Å². The van der Waals surface area contributed by atoms with Crippen molar-refractivity contribution >= 4 is 29.2 Å². The molecule has 0 spiro atoms. The molecule has 138 valence electrons. The van der Waals surface area contributed by atoms with E-state index in [-0.39, 0.29) is 17.7 Å². The van der Waals surface area contributed by atoms with Crippen LogP contribution in [-0.2, 0) is 26.3 Å². The molecule has 1 N–H and O–H groups in total. The van der Waals surface area contributed by atoms with E-state index in [1.54, 1.807) is 0 Å². The lowest BCUT2D eigenvalue weighted by molar-refractivity contribution is -0.147. The minimum atomic E-state index is -0.287. The van der Waals surface area contributed by atoms with Gasteiger partial charge in [0.2, 0.25) is 0 Å². The molecular weight excluding hydrogens is 361 g/mol. The van der Waals surface area contributed by atoms with Crippen molar-refractivity contribution in [1.82, 2.24) is 5.32 Å². The third-order valence-electron chi connectivity index (χ3n) is 4.89. The molecular formula is C19H25Cl2NO3. The maximum Gasteiger partial charge on any atom is 0.306 e. The monoisotopic (exact) mass is 385 g/mol. The first-order chi connectivity index (χ1) is 11.9. The highest BCUT2D eigenvalue weighted by molar-refractivity contribution is 6.42. The smallest absolute Gasteiger partial charge is 0.306 e. The lowest BCUT2D eigenvalue weighted by Gasteiger charge is -2.30. The van der Waals surface area contributed by atoms with E-state index in [0.29, 0.717) is 22.5 Å². The van der Waals surface area contributed by atoms with E-state index in [1.807, 2.05) is 26.0 Å². The fraction of sp³-hybridized carbons (Fsp3) is 0.632. The molecule has 0 radical (unpaired) electrons. The zero-order valence-corrected chi connectivity index (χ0v) is 16.3. The standard InChI is InChI=1S/C19H25Cl2NO3/c1-12(2)25-18(23)6-4-3-5-13-7-16(20)17(21)8-15(13)19-9-14(10-24-19)22-11-19/h7-8,12,14,22H,3-6,9-11H2,1-2H3. The van der Waals surface area contributed by atoms with Crippen LogP contribution in [0.5, 0.6) is 0 Å². The van der Waals surface area contributed by atoms with Gasteiger partial charge in [0, 0.05) is 19.0 Å². The second-order valence-corrected chi connectivity index (χ2v) is 8.07. The van der Waals surface area contributed by atoms with E-state index < -0.39 is 0 Å². The van der Waals surface area contributed by atoms with Crippen LogP contribution < -0.4 is 5.32 Å². The SMILES string of the molecule is CC(C)OC(=O)CCCCc1cc(Cl)c(Cl)cc1C12CNC(CO1)C2. The first kappa shape index (κ1) is 19.0. The molecule has 2 heterocycles. The van der Waals surface area contributed by atoms with Crippen molar-refractivity contribution in [2.45, 2.75) is 63.7 Å². The zero-order chi connectivity index (χ0) is 18.0. The van der Waals surface area contributed by atoms with Crippen LogP contribution in [0.1, 0.15) is 50.7 Å². The molecule has 2 atom stereocenters. The van der Waals surface area contributed by atoms with Crippen LogP contribution in [0, 0.1) is 0 Å². The number of carbonyl (C=O) groups is 1. The summed E-state index contributed by atoms with van der Waals surface area (Å²) in [5.74, 6) is -0.134. The van der Waals surface area contributed by atoms with E-state index in [0.717, 1.165) is 50.0 Å². The molecule has 2 fully saturated rings. The molecule has 0 amide bonds. The van der Waals surface area contributed by atoms with Crippen molar-refractivity contribution in [1.29, 1.82) is 0 Å². The lowest BCUT2D eigenvalue weighted by Crippen LogP contribution is -2.38. The number of aryl methyl sites for hydroxylation is 1. The van der Waals surface area contributed by atoms with Gasteiger partial charge in [0.15, 0.2) is 0 Å². The highest BCUT2D eigenvalue weighted by Crippen LogP contribution is 2.44. The Labute approximate surface area is 159 Å². The summed E-state index contributed by atoms with van der Waals surface area (Å²) in [6, 6.07) is 4.34. The van der Waals surface area contributed by atoms with Crippen LogP contribution in [-0.4, -0.2) is 31.3 Å². The van der Waals surface area contributed by atoms with Gasteiger partial charge in [-0.1, -0.05) is 23.2 Å². The van der Waals surface area contributed by atoms with Gasteiger partial charge in [-0.05, 0) is 62.8 Å². The van der Waals surface area contributed by atoms with Crippen LogP contribution in [0.4, 0.5) is 0 Å². The Kier molecular flexibility index (Phi) is 5.94. The summed E-state index contributed by atoms with van der Waals surface area (Å²) in [5.41, 5.74) is 2.01. The number of carbonyl (C=O) groups excluding carboxylic acids is 1. The van der Waals surface area contributed by atoms with E-state index >= 15 is 0 Å². The molecule has 0 aliphatic carbocycles. The summed E-state index contributed by atoms with van der Waals surface area (Å²) in [5, 5.41) is 4.63. The third-order valence-corrected chi connectivity index (χ3v) is 5.62. The minimum absolute atomic E-state index is 0.0596. The molecule has 6 heteroatoms. The van der Waals surface area contributed by atoms with Crippen LogP contribution in [0.15, 0.2) is 12.1 Å². The van der Waals surface area contributed by atoms with Gasteiger partial charge in [0.05, 0.1) is 22.8 Å². The Morgan fingerprint density at radius 3 is 2.72 bits per heavy atom. The Bertz CT molecular complexity index is 640. The van der Waals surface area contributed by atoms with Crippen molar-refractivity contribution in [2.24, 2.45) is 0 Å². The average Bonchev–Trinajstić information content (AvgIpc) is 3.15. The molecule has 2 saturated heterocycles. The Balaban J connectivity index is 1.67. The molecule has 1 aromatic carbocycles. The van der Waals surface area contributed by atoms with Gasteiger partial charge in [0.25, 0.3) is 0 Å². The quantitative estimate of drug-likeness (QED) is 0.562. The predicted octanol–water partition coefficient (Wildman–Crippen LogP) is 4.25. The van der Waals surface area contributed by atoms with E-state index in [9.17, 15) is 4.79 Å². The predicted molar refractivity (Wildman–Crippen MR) is 99.3 cm³/mol. The van der Waals surface area contributed by atoms with Gasteiger partial charge < -0.3 is 14.8 Å². The maximum absolute atomic E-state index is 11.7. The Morgan fingerprint density at radius 2 is 2.12 bits per heavy atom. The molecule has 2 aliphatic heterocycles. The zero-order valence-electron chi connectivity index (χ0n) is 14.7. The van der Waals surface area contributed by atoms with E-state index in [4.69, 9.17) is 32.7 Å². The Hall–Kier alpha value is -0.810. The van der Waals surface area contributed by atoms with Crippen molar-refractivity contribution in [3.8, 4) is 0 Å². The second-order valence-electron chi connectivity index (χ2n) is 7.26. The molecule has 4 nitrogen and oxygen atoms in total. The summed E-state index contributed by atoms with van der Waals surface area (Å²) >= 11 is 12.5. The second kappa shape index (κ2) is 7.83. The van der Waals surface area contributed by atoms with Crippen molar-refractivity contribution < 1.29 is 14.3 Å². The summed E-state index contributed by atoms with van der Waals surface area (Å²) < 4.78 is 11.3. The number of halogens is 2. The number of nitrogens with one attached hydrogen (secondary N) is 1. The fourth-order valence-corrected chi connectivity index (χ4v) is 4.10. The number of hydrogen-bond acceptors (Lipinski definition) is 4. The van der Waals surface area contributed by atoms with Gasteiger partial charge in [-0.25, -0.2) is 0 Å². The third kappa shape index (κ3) is 4.30. The number of esters is 1. The molecule has 2 bridgehead atoms. The number of benzene rings is 1. The number of rotatable bonds is 7. The van der Waals surface area contributed by atoms with Crippen LogP contribution in [0.2, 0.25) is 10.0 Å². The van der Waals surface area contributed by atoms with Crippen LogP contribution >= 0.6 is 23.2 Å². The maximum atomic E-state index is 11.7. The summed E-state index contributed by atoms with van der Waals surface area (Å²) in [6.45, 7) is 5.28. The van der Waals surface area contributed by atoms with Crippen molar-refractivity contribution in [2.75, 3.05) is 13.2 Å². The summed E-state index contributed by atoms with van der Waals surface area (Å²) in [7, 11) is 0. The normalized spacial score (nSPS) is 24.9. The van der Waals surface area contributed by atoms with Gasteiger partial charge in [-0.2, -0.15) is 0 Å². The first-order valence-corrected chi connectivity index (χ1v) is 9.70. The van der Waals surface area contributed by atoms with Crippen LogP contribution in [0.25, 0.3) is 0 Å². The highest BCUT2D eigenvalue weighted by Gasteiger charge is 2.48.